The maximum Gasteiger partial charge on any atom is 0.193 e. The van der Waals surface area contributed by atoms with Gasteiger partial charge in [-0.3, -0.25) is 4.98 Å². The van der Waals surface area contributed by atoms with E-state index in [4.69, 9.17) is 0 Å². The van der Waals surface area contributed by atoms with Crippen LogP contribution in [0.1, 0.15) is 17.2 Å². The lowest BCUT2D eigenvalue weighted by Crippen LogP contribution is -2.06. The minimum atomic E-state index is 0.482. The molecule has 0 bridgehead atoms. The average molecular weight is 205 g/mol. The number of anilines is 1. The molecule has 15 heavy (non-hydrogen) atoms. The lowest BCUT2D eigenvalue weighted by atomic mass is 10.4. The fraction of sp³-hybridized carbons (Fsp3) is 0.375. The number of hydrogen-bond donors (Lipinski definition) is 2. The second-order valence-corrected chi connectivity index (χ2v) is 3.13. The number of H-pyrrole nitrogens is 1. The van der Waals surface area contributed by atoms with Gasteiger partial charge < -0.3 is 5.32 Å². The van der Waals surface area contributed by atoms with E-state index < -0.39 is 0 Å². The summed E-state index contributed by atoms with van der Waals surface area (Å²) in [7, 11) is 0. The van der Waals surface area contributed by atoms with Crippen molar-refractivity contribution in [1.29, 1.82) is 0 Å². The third kappa shape index (κ3) is 2.25. The van der Waals surface area contributed by atoms with E-state index in [0.717, 1.165) is 17.2 Å². The molecular weight excluding hydrogens is 194 g/mol. The van der Waals surface area contributed by atoms with Gasteiger partial charge in [-0.05, 0) is 13.8 Å². The highest BCUT2D eigenvalue weighted by molar-refractivity contribution is 5.39. The molecule has 0 spiro atoms. The van der Waals surface area contributed by atoms with Crippen LogP contribution < -0.4 is 5.32 Å². The van der Waals surface area contributed by atoms with Gasteiger partial charge in [-0.15, -0.1) is 10.2 Å². The number of aromatic amines is 1. The molecule has 0 radical (unpaired) electrons. The summed E-state index contributed by atoms with van der Waals surface area (Å²) in [5.41, 5.74) is 1.72. The SMILES string of the molecule is Cc1cnc(C)c(NCc2nn[nH]n2)n1. The van der Waals surface area contributed by atoms with Crippen molar-refractivity contribution in [1.82, 2.24) is 30.6 Å². The van der Waals surface area contributed by atoms with E-state index in [0.29, 0.717) is 12.4 Å². The molecular formula is C8H11N7. The molecule has 0 saturated carbocycles. The molecule has 7 nitrogen and oxygen atoms in total. The van der Waals surface area contributed by atoms with Gasteiger partial charge in [0.25, 0.3) is 0 Å². The molecule has 0 saturated heterocycles. The Labute approximate surface area is 86.3 Å². The maximum absolute atomic E-state index is 4.31. The Morgan fingerprint density at radius 2 is 2.27 bits per heavy atom. The zero-order chi connectivity index (χ0) is 10.7. The van der Waals surface area contributed by atoms with Crippen molar-refractivity contribution in [3.63, 3.8) is 0 Å². The third-order valence-corrected chi connectivity index (χ3v) is 1.88. The molecule has 0 aromatic carbocycles. The van der Waals surface area contributed by atoms with Crippen LogP contribution in [-0.2, 0) is 6.54 Å². The van der Waals surface area contributed by atoms with Crippen molar-refractivity contribution in [3.8, 4) is 0 Å². The van der Waals surface area contributed by atoms with E-state index in [2.05, 4.69) is 35.9 Å². The summed E-state index contributed by atoms with van der Waals surface area (Å²) in [5.74, 6) is 1.34. The number of rotatable bonds is 3. The second kappa shape index (κ2) is 3.99. The molecule has 0 amide bonds. The molecule has 0 atom stereocenters. The molecule has 2 aromatic heterocycles. The molecule has 0 unspecified atom stereocenters. The number of nitrogens with zero attached hydrogens (tertiary/aromatic N) is 5. The highest BCUT2D eigenvalue weighted by Crippen LogP contribution is 2.08. The Hall–Kier alpha value is -2.05. The second-order valence-electron chi connectivity index (χ2n) is 3.13. The van der Waals surface area contributed by atoms with Gasteiger partial charge in [0.1, 0.15) is 5.82 Å². The van der Waals surface area contributed by atoms with E-state index in [1.807, 2.05) is 13.8 Å². The molecule has 2 rings (SSSR count). The normalized spacial score (nSPS) is 10.3. The van der Waals surface area contributed by atoms with Crippen LogP contribution in [-0.4, -0.2) is 30.6 Å². The molecule has 0 aliphatic heterocycles. The molecule has 2 heterocycles. The van der Waals surface area contributed by atoms with E-state index in [-0.39, 0.29) is 0 Å². The predicted octanol–water partition coefficient (Wildman–Crippen LogP) is 0.219. The predicted molar refractivity (Wildman–Crippen MR) is 53.0 cm³/mol. The fourth-order valence-electron chi connectivity index (χ4n) is 1.13. The molecule has 0 aliphatic rings. The summed E-state index contributed by atoms with van der Waals surface area (Å²) in [6.45, 7) is 4.27. The van der Waals surface area contributed by atoms with Gasteiger partial charge in [-0.25, -0.2) is 4.98 Å². The summed E-state index contributed by atoms with van der Waals surface area (Å²) in [5, 5.41) is 16.6. The van der Waals surface area contributed by atoms with Crippen molar-refractivity contribution in [3.05, 3.63) is 23.4 Å². The topological polar surface area (TPSA) is 92.3 Å². The summed E-state index contributed by atoms with van der Waals surface area (Å²) < 4.78 is 0. The largest absolute Gasteiger partial charge is 0.361 e. The Bertz CT molecular complexity index is 436. The van der Waals surface area contributed by atoms with Crippen LogP contribution in [0.15, 0.2) is 6.20 Å². The van der Waals surface area contributed by atoms with Gasteiger partial charge in [0.05, 0.1) is 17.9 Å². The number of aromatic nitrogens is 6. The van der Waals surface area contributed by atoms with Crippen molar-refractivity contribution in [2.45, 2.75) is 20.4 Å². The van der Waals surface area contributed by atoms with E-state index in [1.165, 1.54) is 0 Å². The van der Waals surface area contributed by atoms with Gasteiger partial charge >= 0.3 is 0 Å². The monoisotopic (exact) mass is 205 g/mol. The van der Waals surface area contributed by atoms with Crippen LogP contribution in [0.2, 0.25) is 0 Å². The minimum absolute atomic E-state index is 0.482. The molecule has 78 valence electrons. The van der Waals surface area contributed by atoms with Gasteiger partial charge in [0.2, 0.25) is 0 Å². The molecule has 0 aliphatic carbocycles. The van der Waals surface area contributed by atoms with Crippen LogP contribution in [0.3, 0.4) is 0 Å². The Kier molecular flexibility index (Phi) is 2.53. The Morgan fingerprint density at radius 3 is 3.00 bits per heavy atom. The lowest BCUT2D eigenvalue weighted by molar-refractivity contribution is 0.881. The zero-order valence-corrected chi connectivity index (χ0v) is 8.52. The van der Waals surface area contributed by atoms with Crippen molar-refractivity contribution >= 4 is 5.82 Å². The standard InChI is InChI=1S/C8H11N7/c1-5-3-9-6(2)8(11-5)10-4-7-12-14-15-13-7/h3H,4H2,1-2H3,(H,10,11)(H,12,13,14,15). The van der Waals surface area contributed by atoms with Gasteiger partial charge in [-0.2, -0.15) is 5.21 Å². The summed E-state index contributed by atoms with van der Waals surface area (Å²) >= 11 is 0. The Morgan fingerprint density at radius 1 is 1.40 bits per heavy atom. The highest BCUT2D eigenvalue weighted by atomic mass is 15.5. The van der Waals surface area contributed by atoms with Crippen molar-refractivity contribution < 1.29 is 0 Å². The van der Waals surface area contributed by atoms with Crippen LogP contribution in [0, 0.1) is 13.8 Å². The maximum atomic E-state index is 4.31. The smallest absolute Gasteiger partial charge is 0.193 e. The number of aryl methyl sites for hydroxylation is 2. The van der Waals surface area contributed by atoms with E-state index in [9.17, 15) is 0 Å². The zero-order valence-electron chi connectivity index (χ0n) is 8.52. The lowest BCUT2D eigenvalue weighted by Gasteiger charge is -2.05. The summed E-state index contributed by atoms with van der Waals surface area (Å²) in [4.78, 5) is 8.50. The first kappa shape index (κ1) is 9.50. The van der Waals surface area contributed by atoms with Gasteiger partial charge in [0, 0.05) is 6.20 Å². The average Bonchev–Trinajstić information content (AvgIpc) is 2.72. The number of nitrogens with one attached hydrogen (secondary N) is 2. The van der Waals surface area contributed by atoms with Crippen LogP contribution in [0.4, 0.5) is 5.82 Å². The van der Waals surface area contributed by atoms with Crippen molar-refractivity contribution in [2.24, 2.45) is 0 Å². The summed E-state index contributed by atoms with van der Waals surface area (Å²) in [6, 6.07) is 0. The van der Waals surface area contributed by atoms with Crippen LogP contribution in [0.5, 0.6) is 0 Å². The molecule has 2 aromatic rings. The van der Waals surface area contributed by atoms with E-state index >= 15 is 0 Å². The summed E-state index contributed by atoms with van der Waals surface area (Å²) in [6.07, 6.45) is 1.73. The fourth-order valence-corrected chi connectivity index (χ4v) is 1.13. The van der Waals surface area contributed by atoms with Crippen molar-refractivity contribution in [2.75, 3.05) is 5.32 Å². The molecule has 0 fully saturated rings. The van der Waals surface area contributed by atoms with Gasteiger partial charge in [-0.1, -0.05) is 5.21 Å². The first-order chi connectivity index (χ1) is 7.25. The first-order valence-electron chi connectivity index (χ1n) is 4.52. The van der Waals surface area contributed by atoms with E-state index in [1.54, 1.807) is 6.20 Å². The molecule has 7 heteroatoms. The Balaban J connectivity index is 2.07. The minimum Gasteiger partial charge on any atom is -0.361 e. The highest BCUT2D eigenvalue weighted by Gasteiger charge is 2.03. The van der Waals surface area contributed by atoms with Crippen LogP contribution >= 0.6 is 0 Å². The number of tetrazole rings is 1. The third-order valence-electron chi connectivity index (χ3n) is 1.88. The van der Waals surface area contributed by atoms with Gasteiger partial charge in [0.15, 0.2) is 5.82 Å². The first-order valence-corrected chi connectivity index (χ1v) is 4.52. The number of hydrogen-bond acceptors (Lipinski definition) is 6. The van der Waals surface area contributed by atoms with Crippen LogP contribution in [0.25, 0.3) is 0 Å². The quantitative estimate of drug-likeness (QED) is 0.744. The molecule has 2 N–H and O–H groups in total.